The number of hydrogen-bond donors (Lipinski definition) is 2. The van der Waals surface area contributed by atoms with E-state index in [1.54, 1.807) is 29.2 Å². The van der Waals surface area contributed by atoms with Crippen molar-refractivity contribution in [3.8, 4) is 5.69 Å². The van der Waals surface area contributed by atoms with Gasteiger partial charge in [-0.25, -0.2) is 9.07 Å². The Bertz CT molecular complexity index is 597. The molecular formula is C17H24FN3O. The summed E-state index contributed by atoms with van der Waals surface area (Å²) in [5, 5.41) is 16.3. The number of aromatic nitrogens is 2. The lowest BCUT2D eigenvalue weighted by molar-refractivity contribution is 0.282. The highest BCUT2D eigenvalue weighted by molar-refractivity contribution is 5.37. The van der Waals surface area contributed by atoms with Gasteiger partial charge in [0.15, 0.2) is 0 Å². The SMILES string of the molecule is Cc1cnn(-c2ccc(C(C)NCCCCCO)cc2F)c1. The summed E-state index contributed by atoms with van der Waals surface area (Å²) in [6, 6.07) is 5.36. The van der Waals surface area contributed by atoms with Crippen molar-refractivity contribution in [2.24, 2.45) is 0 Å². The summed E-state index contributed by atoms with van der Waals surface area (Å²) in [6.07, 6.45) is 6.37. The van der Waals surface area contributed by atoms with Gasteiger partial charge >= 0.3 is 0 Å². The van der Waals surface area contributed by atoms with Gasteiger partial charge in [0.25, 0.3) is 0 Å². The molecule has 0 aliphatic carbocycles. The molecule has 1 aromatic carbocycles. The van der Waals surface area contributed by atoms with Crippen LogP contribution in [0.25, 0.3) is 5.69 Å². The van der Waals surface area contributed by atoms with Crippen molar-refractivity contribution in [3.63, 3.8) is 0 Å². The van der Waals surface area contributed by atoms with Crippen molar-refractivity contribution in [3.05, 3.63) is 47.5 Å². The summed E-state index contributed by atoms with van der Waals surface area (Å²) in [4.78, 5) is 0. The Hall–Kier alpha value is -1.72. The minimum atomic E-state index is -0.269. The van der Waals surface area contributed by atoms with Gasteiger partial charge in [-0.15, -0.1) is 0 Å². The van der Waals surface area contributed by atoms with Crippen molar-refractivity contribution in [2.75, 3.05) is 13.2 Å². The van der Waals surface area contributed by atoms with Gasteiger partial charge in [-0.05, 0) is 62.9 Å². The average molecular weight is 305 g/mol. The van der Waals surface area contributed by atoms with Crippen LogP contribution in [0.2, 0.25) is 0 Å². The van der Waals surface area contributed by atoms with Crippen LogP contribution in [0.5, 0.6) is 0 Å². The van der Waals surface area contributed by atoms with Crippen LogP contribution in [0.4, 0.5) is 4.39 Å². The molecule has 4 nitrogen and oxygen atoms in total. The number of aliphatic hydroxyl groups is 1. The van der Waals surface area contributed by atoms with Crippen molar-refractivity contribution in [1.82, 2.24) is 15.1 Å². The maximum Gasteiger partial charge on any atom is 0.149 e. The maximum absolute atomic E-state index is 14.3. The van der Waals surface area contributed by atoms with Gasteiger partial charge in [0.1, 0.15) is 11.5 Å². The van der Waals surface area contributed by atoms with Crippen LogP contribution in [0, 0.1) is 12.7 Å². The second kappa shape index (κ2) is 8.06. The minimum absolute atomic E-state index is 0.0945. The molecule has 5 heteroatoms. The number of unbranched alkanes of at least 4 members (excludes halogenated alkanes) is 2. The Morgan fingerprint density at radius 1 is 1.32 bits per heavy atom. The molecule has 0 aliphatic heterocycles. The minimum Gasteiger partial charge on any atom is -0.396 e. The molecular weight excluding hydrogens is 281 g/mol. The zero-order valence-electron chi connectivity index (χ0n) is 13.2. The van der Waals surface area contributed by atoms with Gasteiger partial charge in [0.2, 0.25) is 0 Å². The Labute approximate surface area is 131 Å². The molecule has 2 rings (SSSR count). The van der Waals surface area contributed by atoms with E-state index in [1.807, 2.05) is 19.9 Å². The molecule has 0 fully saturated rings. The summed E-state index contributed by atoms with van der Waals surface area (Å²) in [5.41, 5.74) is 2.39. The molecule has 0 saturated heterocycles. The topological polar surface area (TPSA) is 50.1 Å². The first-order valence-corrected chi connectivity index (χ1v) is 7.77. The van der Waals surface area contributed by atoms with Crippen LogP contribution in [0.3, 0.4) is 0 Å². The van der Waals surface area contributed by atoms with E-state index < -0.39 is 0 Å². The highest BCUT2D eigenvalue weighted by Gasteiger charge is 2.10. The predicted molar refractivity (Wildman–Crippen MR) is 85.6 cm³/mol. The van der Waals surface area contributed by atoms with Crippen LogP contribution in [0.15, 0.2) is 30.6 Å². The second-order valence-electron chi connectivity index (χ2n) is 5.63. The van der Waals surface area contributed by atoms with E-state index in [4.69, 9.17) is 5.11 Å². The lowest BCUT2D eigenvalue weighted by atomic mass is 10.1. The number of aryl methyl sites for hydroxylation is 1. The zero-order chi connectivity index (χ0) is 15.9. The van der Waals surface area contributed by atoms with E-state index in [9.17, 15) is 4.39 Å². The van der Waals surface area contributed by atoms with Crippen LogP contribution in [0.1, 0.15) is 43.4 Å². The average Bonchev–Trinajstić information content (AvgIpc) is 2.93. The Morgan fingerprint density at radius 3 is 2.77 bits per heavy atom. The Kier molecular flexibility index (Phi) is 6.10. The maximum atomic E-state index is 14.3. The van der Waals surface area contributed by atoms with Gasteiger partial charge in [0.05, 0.1) is 6.20 Å². The summed E-state index contributed by atoms with van der Waals surface area (Å²) >= 11 is 0. The number of aliphatic hydroxyl groups excluding tert-OH is 1. The van der Waals surface area contributed by atoms with E-state index in [0.717, 1.165) is 36.9 Å². The predicted octanol–water partition coefficient (Wildman–Crippen LogP) is 3.13. The molecule has 0 amide bonds. The molecule has 0 saturated carbocycles. The molecule has 0 bridgehead atoms. The molecule has 2 aromatic rings. The lowest BCUT2D eigenvalue weighted by Gasteiger charge is -2.15. The molecule has 0 radical (unpaired) electrons. The third kappa shape index (κ3) is 4.39. The highest BCUT2D eigenvalue weighted by Crippen LogP contribution is 2.19. The fraction of sp³-hybridized carbons (Fsp3) is 0.471. The number of benzene rings is 1. The monoisotopic (exact) mass is 305 g/mol. The molecule has 22 heavy (non-hydrogen) atoms. The molecule has 1 aromatic heterocycles. The third-order valence-corrected chi connectivity index (χ3v) is 3.72. The number of halogens is 1. The summed E-state index contributed by atoms with van der Waals surface area (Å²) in [6.45, 7) is 5.06. The van der Waals surface area contributed by atoms with Gasteiger partial charge in [-0.2, -0.15) is 5.10 Å². The first kappa shape index (κ1) is 16.6. The number of nitrogens with zero attached hydrogens (tertiary/aromatic N) is 2. The van der Waals surface area contributed by atoms with Crippen LogP contribution in [-0.4, -0.2) is 28.0 Å². The van der Waals surface area contributed by atoms with E-state index in [1.165, 1.54) is 0 Å². The zero-order valence-corrected chi connectivity index (χ0v) is 13.2. The van der Waals surface area contributed by atoms with Gasteiger partial charge < -0.3 is 10.4 Å². The summed E-state index contributed by atoms with van der Waals surface area (Å²) in [7, 11) is 0. The van der Waals surface area contributed by atoms with Gasteiger partial charge in [-0.3, -0.25) is 0 Å². The van der Waals surface area contributed by atoms with Crippen LogP contribution < -0.4 is 5.32 Å². The number of nitrogens with one attached hydrogen (secondary N) is 1. The van der Waals surface area contributed by atoms with E-state index in [0.29, 0.717) is 5.69 Å². The Balaban J connectivity index is 1.96. The lowest BCUT2D eigenvalue weighted by Crippen LogP contribution is -2.20. The molecule has 1 heterocycles. The van der Waals surface area contributed by atoms with E-state index in [-0.39, 0.29) is 18.5 Å². The first-order valence-electron chi connectivity index (χ1n) is 7.77. The first-order chi connectivity index (χ1) is 10.6. The van der Waals surface area contributed by atoms with Crippen molar-refractivity contribution in [2.45, 2.75) is 39.2 Å². The standard InChI is InChI=1S/C17H24FN3O/c1-13-11-20-21(12-13)17-7-6-15(10-16(17)18)14(2)19-8-4-3-5-9-22/h6-7,10-12,14,19,22H,3-5,8-9H2,1-2H3. The van der Waals surface area contributed by atoms with Crippen LogP contribution in [-0.2, 0) is 0 Å². The molecule has 1 atom stereocenters. The summed E-state index contributed by atoms with van der Waals surface area (Å²) < 4.78 is 15.8. The fourth-order valence-electron chi connectivity index (χ4n) is 2.37. The number of rotatable bonds is 8. The van der Waals surface area contributed by atoms with Crippen LogP contribution >= 0.6 is 0 Å². The smallest absolute Gasteiger partial charge is 0.149 e. The van der Waals surface area contributed by atoms with Crippen molar-refractivity contribution in [1.29, 1.82) is 0 Å². The molecule has 120 valence electrons. The normalized spacial score (nSPS) is 12.5. The Morgan fingerprint density at radius 2 is 2.14 bits per heavy atom. The largest absolute Gasteiger partial charge is 0.396 e. The quantitative estimate of drug-likeness (QED) is 0.737. The third-order valence-electron chi connectivity index (χ3n) is 3.72. The van der Waals surface area contributed by atoms with Crippen molar-refractivity contribution >= 4 is 0 Å². The summed E-state index contributed by atoms with van der Waals surface area (Å²) in [5.74, 6) is -0.269. The molecule has 0 aliphatic rings. The van der Waals surface area contributed by atoms with Gasteiger partial charge in [-0.1, -0.05) is 6.07 Å². The second-order valence-corrected chi connectivity index (χ2v) is 5.63. The molecule has 2 N–H and O–H groups in total. The molecule has 1 unspecified atom stereocenters. The fourth-order valence-corrected chi connectivity index (χ4v) is 2.37. The van der Waals surface area contributed by atoms with Gasteiger partial charge in [0, 0.05) is 18.8 Å². The molecule has 0 spiro atoms. The van der Waals surface area contributed by atoms with E-state index in [2.05, 4.69) is 10.4 Å². The van der Waals surface area contributed by atoms with E-state index >= 15 is 0 Å². The number of hydrogen-bond acceptors (Lipinski definition) is 3. The van der Waals surface area contributed by atoms with Crippen molar-refractivity contribution < 1.29 is 9.50 Å². The highest BCUT2D eigenvalue weighted by atomic mass is 19.1.